The van der Waals surface area contributed by atoms with Crippen LogP contribution in [0.4, 0.5) is 10.5 Å². The summed E-state index contributed by atoms with van der Waals surface area (Å²) in [5.74, 6) is -0.0184. The molecule has 0 radical (unpaired) electrons. The third-order valence-corrected chi connectivity index (χ3v) is 7.79. The van der Waals surface area contributed by atoms with Gasteiger partial charge in [0.25, 0.3) is 0 Å². The van der Waals surface area contributed by atoms with E-state index in [9.17, 15) is 13.2 Å². The van der Waals surface area contributed by atoms with Crippen LogP contribution in [-0.2, 0) is 28.7 Å². The molecule has 0 aliphatic carbocycles. The SMILES string of the molecule is C=C/C=C(\C=C)C(C)NC(=O)Nc1ccc(S(=O)(=O)Cc2cc3c(s2)CNC3)cc1. The predicted molar refractivity (Wildman–Crippen MR) is 122 cm³/mol. The quantitative estimate of drug-likeness (QED) is 0.535. The molecule has 1 unspecified atom stereocenters. The molecule has 2 aromatic rings. The number of carbonyl (C=O) groups is 1. The highest BCUT2D eigenvalue weighted by Crippen LogP contribution is 2.29. The van der Waals surface area contributed by atoms with Gasteiger partial charge in [0.2, 0.25) is 0 Å². The molecule has 1 aliphatic heterocycles. The van der Waals surface area contributed by atoms with Gasteiger partial charge in [0.1, 0.15) is 0 Å². The van der Waals surface area contributed by atoms with E-state index in [1.54, 1.807) is 41.7 Å². The molecule has 1 aromatic carbocycles. The van der Waals surface area contributed by atoms with Crippen molar-refractivity contribution < 1.29 is 13.2 Å². The van der Waals surface area contributed by atoms with E-state index >= 15 is 0 Å². The molecule has 1 atom stereocenters. The van der Waals surface area contributed by atoms with Gasteiger partial charge in [-0.25, -0.2) is 13.2 Å². The molecule has 0 spiro atoms. The van der Waals surface area contributed by atoms with Gasteiger partial charge >= 0.3 is 6.03 Å². The molecule has 2 heterocycles. The maximum Gasteiger partial charge on any atom is 0.319 e. The van der Waals surface area contributed by atoms with Crippen molar-refractivity contribution >= 4 is 32.9 Å². The lowest BCUT2D eigenvalue weighted by molar-refractivity contribution is 0.250. The first-order valence-corrected chi connectivity index (χ1v) is 12.0. The van der Waals surface area contributed by atoms with E-state index in [-0.39, 0.29) is 16.7 Å². The Morgan fingerprint density at radius 2 is 2.00 bits per heavy atom. The summed E-state index contributed by atoms with van der Waals surface area (Å²) in [5, 5.41) is 8.76. The fourth-order valence-electron chi connectivity index (χ4n) is 3.20. The smallest absolute Gasteiger partial charge is 0.319 e. The number of thiophene rings is 1. The monoisotopic (exact) mass is 443 g/mol. The Labute approximate surface area is 181 Å². The highest BCUT2D eigenvalue weighted by atomic mass is 32.2. The van der Waals surface area contributed by atoms with E-state index in [4.69, 9.17) is 0 Å². The largest absolute Gasteiger partial charge is 0.331 e. The zero-order valence-electron chi connectivity index (χ0n) is 16.8. The average molecular weight is 444 g/mol. The molecule has 3 N–H and O–H groups in total. The van der Waals surface area contributed by atoms with Gasteiger partial charge in [-0.2, -0.15) is 0 Å². The Balaban J connectivity index is 1.62. The zero-order chi connectivity index (χ0) is 21.7. The zero-order valence-corrected chi connectivity index (χ0v) is 18.4. The van der Waals surface area contributed by atoms with Crippen LogP contribution in [0.15, 0.2) is 72.2 Å². The molecule has 158 valence electrons. The van der Waals surface area contributed by atoms with Gasteiger partial charge in [0.15, 0.2) is 9.84 Å². The number of hydrogen-bond acceptors (Lipinski definition) is 5. The Morgan fingerprint density at radius 3 is 2.63 bits per heavy atom. The Hall–Kier alpha value is -2.68. The number of sulfone groups is 1. The van der Waals surface area contributed by atoms with E-state index in [2.05, 4.69) is 29.1 Å². The van der Waals surface area contributed by atoms with Crippen molar-refractivity contribution in [3.63, 3.8) is 0 Å². The number of nitrogens with one attached hydrogen (secondary N) is 3. The van der Waals surface area contributed by atoms with Crippen molar-refractivity contribution in [3.8, 4) is 0 Å². The standard InChI is InChI=1S/C22H25N3O3S2/c1-4-6-16(5-2)15(3)24-22(26)25-18-7-9-20(10-8-18)30(27,28)14-19-11-17-12-23-13-21(17)29-19/h4-11,15,23H,1-2,12-14H2,3H3,(H2,24,25,26)/b16-6+. The van der Waals surface area contributed by atoms with Gasteiger partial charge in [-0.05, 0) is 48.4 Å². The molecule has 3 rings (SSSR count). The van der Waals surface area contributed by atoms with E-state index in [1.807, 2.05) is 13.0 Å². The van der Waals surface area contributed by atoms with Crippen LogP contribution < -0.4 is 16.0 Å². The molecule has 2 amide bonds. The molecule has 30 heavy (non-hydrogen) atoms. The average Bonchev–Trinajstić information content (AvgIpc) is 3.27. The number of benzene rings is 1. The summed E-state index contributed by atoms with van der Waals surface area (Å²) in [7, 11) is -3.45. The molecule has 0 fully saturated rings. The first-order valence-electron chi connectivity index (χ1n) is 9.49. The Kier molecular flexibility index (Phi) is 6.91. The van der Waals surface area contributed by atoms with Crippen LogP contribution in [0.25, 0.3) is 0 Å². The number of allylic oxidation sites excluding steroid dienone is 2. The minimum Gasteiger partial charge on any atom is -0.331 e. The number of rotatable bonds is 8. The summed E-state index contributed by atoms with van der Waals surface area (Å²) in [6, 6.07) is 7.54. The first kappa shape index (κ1) is 22.0. The van der Waals surface area contributed by atoms with Crippen LogP contribution in [0.5, 0.6) is 0 Å². The second-order valence-electron chi connectivity index (χ2n) is 6.97. The van der Waals surface area contributed by atoms with Crippen LogP contribution in [0.3, 0.4) is 0 Å². The molecule has 8 heteroatoms. The second-order valence-corrected chi connectivity index (χ2v) is 10.2. The van der Waals surface area contributed by atoms with Gasteiger partial charge in [-0.15, -0.1) is 11.3 Å². The topological polar surface area (TPSA) is 87.3 Å². The van der Waals surface area contributed by atoms with E-state index in [0.29, 0.717) is 5.69 Å². The molecule has 0 saturated heterocycles. The van der Waals surface area contributed by atoms with Crippen molar-refractivity contribution in [1.29, 1.82) is 0 Å². The maximum absolute atomic E-state index is 12.7. The lowest BCUT2D eigenvalue weighted by atomic mass is 10.1. The Bertz CT molecular complexity index is 1060. The summed E-state index contributed by atoms with van der Waals surface area (Å²) >= 11 is 1.54. The van der Waals surface area contributed by atoms with E-state index in [1.165, 1.54) is 22.6 Å². The lowest BCUT2D eigenvalue weighted by Gasteiger charge is -2.15. The molecule has 6 nitrogen and oxygen atoms in total. The number of anilines is 1. The lowest BCUT2D eigenvalue weighted by Crippen LogP contribution is -2.36. The highest BCUT2D eigenvalue weighted by Gasteiger charge is 2.20. The summed E-state index contributed by atoms with van der Waals surface area (Å²) in [4.78, 5) is 14.5. The van der Waals surface area contributed by atoms with Crippen molar-refractivity contribution in [2.24, 2.45) is 0 Å². The normalized spacial score (nSPS) is 14.6. The van der Waals surface area contributed by atoms with Crippen molar-refractivity contribution in [2.45, 2.75) is 36.7 Å². The van der Waals surface area contributed by atoms with Crippen LogP contribution in [0.2, 0.25) is 0 Å². The predicted octanol–water partition coefficient (Wildman–Crippen LogP) is 4.13. The molecular weight excluding hydrogens is 418 g/mol. The fraction of sp³-hybridized carbons (Fsp3) is 0.227. The number of urea groups is 1. The minimum atomic E-state index is -3.45. The third-order valence-electron chi connectivity index (χ3n) is 4.75. The van der Waals surface area contributed by atoms with E-state index < -0.39 is 15.9 Å². The molecular formula is C22H25N3O3S2. The molecule has 1 aromatic heterocycles. The second kappa shape index (κ2) is 9.42. The minimum absolute atomic E-state index is 0.0184. The maximum atomic E-state index is 12.7. The van der Waals surface area contributed by atoms with Crippen molar-refractivity contribution in [1.82, 2.24) is 10.6 Å². The van der Waals surface area contributed by atoms with Crippen LogP contribution in [0.1, 0.15) is 22.2 Å². The third kappa shape index (κ3) is 5.27. The van der Waals surface area contributed by atoms with Gasteiger partial charge in [-0.1, -0.05) is 31.4 Å². The Morgan fingerprint density at radius 1 is 1.27 bits per heavy atom. The number of fused-ring (bicyclic) bond motifs is 1. The summed E-state index contributed by atoms with van der Waals surface area (Å²) in [6.45, 7) is 10.8. The summed E-state index contributed by atoms with van der Waals surface area (Å²) in [5.41, 5.74) is 2.53. The fourth-order valence-corrected chi connectivity index (χ4v) is 6.03. The number of carbonyl (C=O) groups excluding carboxylic acids is 1. The number of hydrogen-bond donors (Lipinski definition) is 3. The summed E-state index contributed by atoms with van der Waals surface area (Å²) in [6.07, 6.45) is 5.06. The highest BCUT2D eigenvalue weighted by molar-refractivity contribution is 7.90. The van der Waals surface area contributed by atoms with Crippen molar-refractivity contribution in [3.05, 3.63) is 82.6 Å². The van der Waals surface area contributed by atoms with Crippen LogP contribution in [0, 0.1) is 0 Å². The van der Waals surface area contributed by atoms with Crippen molar-refractivity contribution in [2.75, 3.05) is 5.32 Å². The van der Waals surface area contributed by atoms with Gasteiger partial charge < -0.3 is 16.0 Å². The van der Waals surface area contributed by atoms with E-state index in [0.717, 1.165) is 23.5 Å². The van der Waals surface area contributed by atoms with Gasteiger partial charge in [-0.3, -0.25) is 0 Å². The molecule has 0 saturated carbocycles. The van der Waals surface area contributed by atoms with Crippen LogP contribution in [-0.4, -0.2) is 20.5 Å². The summed E-state index contributed by atoms with van der Waals surface area (Å²) < 4.78 is 25.5. The number of amides is 2. The van der Waals surface area contributed by atoms with Gasteiger partial charge in [0.05, 0.1) is 16.7 Å². The van der Waals surface area contributed by atoms with Gasteiger partial charge in [0, 0.05) is 28.5 Å². The first-order chi connectivity index (χ1) is 14.3. The van der Waals surface area contributed by atoms with Crippen LogP contribution >= 0.6 is 11.3 Å². The molecule has 0 bridgehead atoms. The molecule has 1 aliphatic rings.